The summed E-state index contributed by atoms with van der Waals surface area (Å²) in [7, 11) is 0. The minimum atomic E-state index is 0.464. The van der Waals surface area contributed by atoms with E-state index in [9.17, 15) is 0 Å². The first-order valence-electron chi connectivity index (χ1n) is 4.07. The van der Waals surface area contributed by atoms with E-state index in [4.69, 9.17) is 4.84 Å². The average molecular weight is 175 g/mol. The molecule has 0 aliphatic carbocycles. The number of hydrogen-bond acceptors (Lipinski definition) is 2. The maximum absolute atomic E-state index is 5.03. The molecule has 0 atom stereocenters. The van der Waals surface area contributed by atoms with Crippen molar-refractivity contribution in [3.8, 4) is 0 Å². The molecule has 1 N–H and O–H groups in total. The fourth-order valence-electron chi connectivity index (χ4n) is 0.886. The minimum absolute atomic E-state index is 0.464. The van der Waals surface area contributed by atoms with Gasteiger partial charge in [0.1, 0.15) is 0 Å². The average Bonchev–Trinajstić information content (AvgIpc) is 2.19. The second-order valence-electron chi connectivity index (χ2n) is 2.55. The third-order valence-electron chi connectivity index (χ3n) is 1.52. The summed E-state index contributed by atoms with van der Waals surface area (Å²) in [5, 5.41) is 0. The van der Waals surface area contributed by atoms with Gasteiger partial charge in [-0.25, -0.2) is 0 Å². The van der Waals surface area contributed by atoms with E-state index in [-0.39, 0.29) is 0 Å². The van der Waals surface area contributed by atoms with Crippen LogP contribution in [0.25, 0.3) is 5.70 Å². The molecule has 68 valence electrons. The molecule has 0 unspecified atom stereocenters. The molecular weight excluding hydrogens is 162 g/mol. The number of hydrogen-bond donors (Lipinski definition) is 1. The number of nitrogens with one attached hydrogen (secondary N) is 1. The first-order chi connectivity index (χ1) is 6.34. The quantitative estimate of drug-likeness (QED) is 0.421. The van der Waals surface area contributed by atoms with E-state index in [1.54, 1.807) is 6.08 Å². The maximum Gasteiger partial charge on any atom is 0.0925 e. The molecule has 1 rings (SSSR count). The van der Waals surface area contributed by atoms with Gasteiger partial charge >= 0.3 is 0 Å². The molecule has 0 heterocycles. The fraction of sp³-hybridized carbons (Fsp3) is 0.0909. The highest BCUT2D eigenvalue weighted by Gasteiger charge is 1.94. The van der Waals surface area contributed by atoms with E-state index in [1.165, 1.54) is 0 Å². The summed E-state index contributed by atoms with van der Waals surface area (Å²) in [5.74, 6) is 0. The molecule has 13 heavy (non-hydrogen) atoms. The Morgan fingerprint density at radius 2 is 2.08 bits per heavy atom. The second-order valence-corrected chi connectivity index (χ2v) is 2.55. The molecule has 0 saturated carbocycles. The monoisotopic (exact) mass is 175 g/mol. The molecule has 0 fully saturated rings. The van der Waals surface area contributed by atoms with Crippen LogP contribution in [0.4, 0.5) is 0 Å². The Bertz CT molecular complexity index is 279. The predicted molar refractivity (Wildman–Crippen MR) is 54.8 cm³/mol. The Labute approximate surface area is 78.5 Å². The minimum Gasteiger partial charge on any atom is -0.272 e. The van der Waals surface area contributed by atoms with Crippen molar-refractivity contribution >= 4 is 5.70 Å². The zero-order chi connectivity index (χ0) is 9.52. The van der Waals surface area contributed by atoms with Gasteiger partial charge in [-0.1, -0.05) is 43.0 Å². The second kappa shape index (κ2) is 5.17. The van der Waals surface area contributed by atoms with Gasteiger partial charge in [0.25, 0.3) is 0 Å². The van der Waals surface area contributed by atoms with E-state index in [0.717, 1.165) is 11.3 Å². The summed E-state index contributed by atoms with van der Waals surface area (Å²) in [6.45, 7) is 7.83. The molecule has 0 amide bonds. The lowest BCUT2D eigenvalue weighted by Crippen LogP contribution is -2.11. The van der Waals surface area contributed by atoms with E-state index < -0.39 is 0 Å². The van der Waals surface area contributed by atoms with Crippen molar-refractivity contribution in [2.45, 2.75) is 0 Å². The standard InChI is InChI=1S/C11H13NO/c1-3-9-13-12-10(2)11-7-5-4-6-8-11/h3-8,12H,1-2,9H2. The molecule has 0 radical (unpaired) electrons. The maximum atomic E-state index is 5.03. The zero-order valence-electron chi connectivity index (χ0n) is 7.49. The van der Waals surface area contributed by atoms with Crippen molar-refractivity contribution in [3.05, 3.63) is 55.1 Å². The highest BCUT2D eigenvalue weighted by molar-refractivity contribution is 5.60. The van der Waals surface area contributed by atoms with Crippen LogP contribution in [0.3, 0.4) is 0 Å². The lowest BCUT2D eigenvalue weighted by Gasteiger charge is -2.07. The van der Waals surface area contributed by atoms with Crippen LogP contribution in [0.2, 0.25) is 0 Å². The van der Waals surface area contributed by atoms with Crippen LogP contribution < -0.4 is 5.48 Å². The third-order valence-corrected chi connectivity index (χ3v) is 1.52. The topological polar surface area (TPSA) is 21.3 Å². The Hall–Kier alpha value is -1.54. The van der Waals surface area contributed by atoms with Crippen molar-refractivity contribution in [2.24, 2.45) is 0 Å². The Morgan fingerprint density at radius 1 is 1.38 bits per heavy atom. The van der Waals surface area contributed by atoms with Crippen molar-refractivity contribution in [3.63, 3.8) is 0 Å². The molecule has 1 aromatic rings. The molecule has 1 aromatic carbocycles. The first-order valence-corrected chi connectivity index (χ1v) is 4.07. The van der Waals surface area contributed by atoms with Gasteiger partial charge in [-0.3, -0.25) is 10.3 Å². The molecule has 0 spiro atoms. The number of benzene rings is 1. The lowest BCUT2D eigenvalue weighted by molar-refractivity contribution is 0.104. The van der Waals surface area contributed by atoms with Crippen molar-refractivity contribution in [2.75, 3.05) is 6.61 Å². The SMILES string of the molecule is C=CCONC(=C)c1ccccc1. The van der Waals surface area contributed by atoms with Gasteiger partial charge in [-0.15, -0.1) is 6.58 Å². The molecule has 2 heteroatoms. The molecule has 0 aromatic heterocycles. The van der Waals surface area contributed by atoms with Crippen LogP contribution in [0.5, 0.6) is 0 Å². The number of hydroxylamine groups is 1. The van der Waals surface area contributed by atoms with Gasteiger partial charge in [0, 0.05) is 0 Å². The van der Waals surface area contributed by atoms with Crippen LogP contribution in [-0.4, -0.2) is 6.61 Å². The van der Waals surface area contributed by atoms with Crippen molar-refractivity contribution in [1.29, 1.82) is 0 Å². The molecule has 2 nitrogen and oxygen atoms in total. The highest BCUT2D eigenvalue weighted by Crippen LogP contribution is 2.07. The predicted octanol–water partition coefficient (Wildman–Crippen LogP) is 2.36. The summed E-state index contributed by atoms with van der Waals surface area (Å²) < 4.78 is 0. The Balaban J connectivity index is 2.45. The molecule has 0 saturated heterocycles. The van der Waals surface area contributed by atoms with Crippen molar-refractivity contribution < 1.29 is 4.84 Å². The van der Waals surface area contributed by atoms with Gasteiger partial charge in [0.15, 0.2) is 0 Å². The lowest BCUT2D eigenvalue weighted by atomic mass is 10.2. The Kier molecular flexibility index (Phi) is 3.79. The van der Waals surface area contributed by atoms with E-state index in [0.29, 0.717) is 6.61 Å². The van der Waals surface area contributed by atoms with Gasteiger partial charge in [-0.2, -0.15) is 0 Å². The molecule has 0 aliphatic rings. The summed E-state index contributed by atoms with van der Waals surface area (Å²) in [6.07, 6.45) is 1.67. The van der Waals surface area contributed by atoms with Gasteiger partial charge in [0.2, 0.25) is 0 Å². The third kappa shape index (κ3) is 3.13. The normalized spacial score (nSPS) is 9.23. The van der Waals surface area contributed by atoms with Gasteiger partial charge in [0.05, 0.1) is 12.3 Å². The van der Waals surface area contributed by atoms with Gasteiger partial charge in [-0.05, 0) is 5.56 Å². The Morgan fingerprint density at radius 3 is 2.69 bits per heavy atom. The van der Waals surface area contributed by atoms with Crippen LogP contribution in [-0.2, 0) is 4.84 Å². The largest absolute Gasteiger partial charge is 0.272 e. The molecule has 0 bridgehead atoms. The van der Waals surface area contributed by atoms with Crippen LogP contribution in [0.1, 0.15) is 5.56 Å². The highest BCUT2D eigenvalue weighted by atomic mass is 16.6. The smallest absolute Gasteiger partial charge is 0.0925 e. The van der Waals surface area contributed by atoms with Crippen molar-refractivity contribution in [1.82, 2.24) is 5.48 Å². The first kappa shape index (κ1) is 9.55. The van der Waals surface area contributed by atoms with E-state index >= 15 is 0 Å². The summed E-state index contributed by atoms with van der Waals surface area (Å²) in [4.78, 5) is 5.03. The van der Waals surface area contributed by atoms with E-state index in [1.807, 2.05) is 30.3 Å². The number of rotatable bonds is 5. The van der Waals surface area contributed by atoms with Crippen LogP contribution in [0, 0.1) is 0 Å². The summed E-state index contributed by atoms with van der Waals surface area (Å²) >= 11 is 0. The van der Waals surface area contributed by atoms with Crippen LogP contribution >= 0.6 is 0 Å². The molecular formula is C11H13NO. The summed E-state index contributed by atoms with van der Waals surface area (Å²) in [6, 6.07) is 9.80. The van der Waals surface area contributed by atoms with Gasteiger partial charge < -0.3 is 0 Å². The zero-order valence-corrected chi connectivity index (χ0v) is 7.49. The summed E-state index contributed by atoms with van der Waals surface area (Å²) in [5.41, 5.74) is 4.51. The van der Waals surface area contributed by atoms with E-state index in [2.05, 4.69) is 18.6 Å². The fourth-order valence-corrected chi connectivity index (χ4v) is 0.886. The van der Waals surface area contributed by atoms with Crippen LogP contribution in [0.15, 0.2) is 49.6 Å². The molecule has 0 aliphatic heterocycles.